The lowest BCUT2D eigenvalue weighted by Gasteiger charge is -2.38. The fraction of sp³-hybridized carbons (Fsp3) is 0.533. The highest BCUT2D eigenvalue weighted by molar-refractivity contribution is 5.94. The molecule has 0 N–H and O–H groups in total. The molecule has 1 aromatic carbocycles. The summed E-state index contributed by atoms with van der Waals surface area (Å²) < 4.78 is 10.8. The van der Waals surface area contributed by atoms with Crippen molar-refractivity contribution in [3.63, 3.8) is 0 Å². The number of nitrogens with zero attached hydrogens (tertiary/aromatic N) is 1. The van der Waals surface area contributed by atoms with E-state index in [4.69, 9.17) is 9.47 Å². The van der Waals surface area contributed by atoms with Crippen molar-refractivity contribution >= 4 is 5.97 Å². The maximum atomic E-state index is 11.9. The van der Waals surface area contributed by atoms with Crippen molar-refractivity contribution in [1.29, 1.82) is 0 Å². The molecule has 19 heavy (non-hydrogen) atoms. The average molecular weight is 261 g/mol. The van der Waals surface area contributed by atoms with Gasteiger partial charge in [0.2, 0.25) is 0 Å². The Morgan fingerprint density at radius 2 is 2.05 bits per heavy atom. The van der Waals surface area contributed by atoms with Gasteiger partial charge in [-0.25, -0.2) is 4.79 Å². The standard InChI is InChI=1S/C15H19NO3/c1-18-11-10-16-8-6-15(7-9-16)13-5-3-2-4-12(13)14(17)19-15/h2-5H,6-11H2,1H3. The lowest BCUT2D eigenvalue weighted by atomic mass is 9.84. The van der Waals surface area contributed by atoms with Gasteiger partial charge in [0.15, 0.2) is 0 Å². The van der Waals surface area contributed by atoms with Crippen LogP contribution in [-0.4, -0.2) is 44.2 Å². The predicted octanol–water partition coefficient (Wildman–Crippen LogP) is 1.79. The van der Waals surface area contributed by atoms with Crippen molar-refractivity contribution in [2.24, 2.45) is 0 Å². The lowest BCUT2D eigenvalue weighted by Crippen LogP contribution is -2.43. The summed E-state index contributed by atoms with van der Waals surface area (Å²) >= 11 is 0. The molecule has 0 bridgehead atoms. The van der Waals surface area contributed by atoms with E-state index in [1.54, 1.807) is 7.11 Å². The van der Waals surface area contributed by atoms with Gasteiger partial charge in [0.1, 0.15) is 5.60 Å². The summed E-state index contributed by atoms with van der Waals surface area (Å²) in [5.74, 6) is -0.166. The summed E-state index contributed by atoms with van der Waals surface area (Å²) in [6, 6.07) is 7.78. The summed E-state index contributed by atoms with van der Waals surface area (Å²) in [5.41, 5.74) is 1.44. The minimum Gasteiger partial charge on any atom is -0.450 e. The van der Waals surface area contributed by atoms with Gasteiger partial charge in [-0.1, -0.05) is 18.2 Å². The molecular weight excluding hydrogens is 242 g/mol. The van der Waals surface area contributed by atoms with Crippen LogP contribution in [0.1, 0.15) is 28.8 Å². The SMILES string of the molecule is COCCN1CCC2(CC1)OC(=O)c1ccccc12. The highest BCUT2D eigenvalue weighted by Gasteiger charge is 2.46. The highest BCUT2D eigenvalue weighted by atomic mass is 16.6. The van der Waals surface area contributed by atoms with E-state index in [0.717, 1.165) is 50.2 Å². The molecular formula is C15H19NO3. The molecule has 1 aromatic rings. The van der Waals surface area contributed by atoms with Crippen LogP contribution in [0.5, 0.6) is 0 Å². The van der Waals surface area contributed by atoms with E-state index in [-0.39, 0.29) is 11.6 Å². The Balaban J connectivity index is 1.76. The van der Waals surface area contributed by atoms with Gasteiger partial charge in [0, 0.05) is 45.1 Å². The molecule has 4 nitrogen and oxygen atoms in total. The van der Waals surface area contributed by atoms with E-state index in [0.29, 0.717) is 0 Å². The number of carbonyl (C=O) groups is 1. The van der Waals surface area contributed by atoms with E-state index >= 15 is 0 Å². The lowest BCUT2D eigenvalue weighted by molar-refractivity contribution is -0.0450. The fourth-order valence-electron chi connectivity index (χ4n) is 3.08. The number of methoxy groups -OCH3 is 1. The van der Waals surface area contributed by atoms with Gasteiger partial charge in [0.05, 0.1) is 12.2 Å². The van der Waals surface area contributed by atoms with Crippen molar-refractivity contribution in [2.75, 3.05) is 33.4 Å². The van der Waals surface area contributed by atoms with Gasteiger partial charge in [-0.2, -0.15) is 0 Å². The number of rotatable bonds is 3. The quantitative estimate of drug-likeness (QED) is 0.778. The topological polar surface area (TPSA) is 38.8 Å². The molecule has 1 spiro atoms. The van der Waals surface area contributed by atoms with Crippen LogP contribution < -0.4 is 0 Å². The van der Waals surface area contributed by atoms with Gasteiger partial charge in [-0.05, 0) is 6.07 Å². The van der Waals surface area contributed by atoms with Crippen LogP contribution in [0.2, 0.25) is 0 Å². The van der Waals surface area contributed by atoms with Crippen LogP contribution in [0.15, 0.2) is 24.3 Å². The monoisotopic (exact) mass is 261 g/mol. The zero-order chi connectivity index (χ0) is 13.3. The largest absolute Gasteiger partial charge is 0.450 e. The molecule has 1 saturated heterocycles. The molecule has 2 aliphatic heterocycles. The van der Waals surface area contributed by atoms with E-state index in [9.17, 15) is 4.79 Å². The molecule has 3 rings (SSSR count). The highest BCUT2D eigenvalue weighted by Crippen LogP contribution is 2.43. The summed E-state index contributed by atoms with van der Waals surface area (Å²) in [6.07, 6.45) is 1.75. The van der Waals surface area contributed by atoms with E-state index < -0.39 is 0 Å². The van der Waals surface area contributed by atoms with E-state index in [1.807, 2.05) is 24.3 Å². The molecule has 0 unspecified atom stereocenters. The first kappa shape index (κ1) is 12.6. The van der Waals surface area contributed by atoms with Gasteiger partial charge in [0.25, 0.3) is 0 Å². The van der Waals surface area contributed by atoms with Gasteiger partial charge >= 0.3 is 5.97 Å². The van der Waals surface area contributed by atoms with Crippen LogP contribution in [0.25, 0.3) is 0 Å². The van der Waals surface area contributed by atoms with Gasteiger partial charge in [-0.15, -0.1) is 0 Å². The van der Waals surface area contributed by atoms with Crippen molar-refractivity contribution in [1.82, 2.24) is 4.90 Å². The maximum absolute atomic E-state index is 11.9. The number of likely N-dealkylation sites (tertiary alicyclic amines) is 1. The number of benzene rings is 1. The number of fused-ring (bicyclic) bond motifs is 2. The molecule has 0 amide bonds. The fourth-order valence-corrected chi connectivity index (χ4v) is 3.08. The molecule has 0 aromatic heterocycles. The average Bonchev–Trinajstić information content (AvgIpc) is 2.72. The predicted molar refractivity (Wildman–Crippen MR) is 71.1 cm³/mol. The maximum Gasteiger partial charge on any atom is 0.339 e. The summed E-state index contributed by atoms with van der Waals surface area (Å²) in [6.45, 7) is 3.60. The van der Waals surface area contributed by atoms with E-state index in [1.165, 1.54) is 0 Å². The second-order valence-electron chi connectivity index (χ2n) is 5.26. The zero-order valence-corrected chi connectivity index (χ0v) is 11.2. The molecule has 102 valence electrons. The van der Waals surface area contributed by atoms with Gasteiger partial charge in [-0.3, -0.25) is 0 Å². The number of piperidine rings is 1. The Morgan fingerprint density at radius 3 is 2.79 bits per heavy atom. The number of hydrogen-bond acceptors (Lipinski definition) is 4. The number of hydrogen-bond donors (Lipinski definition) is 0. The molecule has 0 radical (unpaired) electrons. The molecule has 2 heterocycles. The first-order chi connectivity index (χ1) is 9.25. The zero-order valence-electron chi connectivity index (χ0n) is 11.2. The van der Waals surface area contributed by atoms with Crippen LogP contribution in [-0.2, 0) is 15.1 Å². The van der Waals surface area contributed by atoms with Crippen molar-refractivity contribution < 1.29 is 14.3 Å². The van der Waals surface area contributed by atoms with Crippen molar-refractivity contribution in [3.8, 4) is 0 Å². The molecule has 4 heteroatoms. The second-order valence-corrected chi connectivity index (χ2v) is 5.26. The minimum absolute atomic E-state index is 0.166. The first-order valence-corrected chi connectivity index (χ1v) is 6.79. The Morgan fingerprint density at radius 1 is 1.32 bits per heavy atom. The third-order valence-corrected chi connectivity index (χ3v) is 4.20. The molecule has 0 saturated carbocycles. The Bertz CT molecular complexity index is 478. The van der Waals surface area contributed by atoms with Crippen LogP contribution in [0.4, 0.5) is 0 Å². The summed E-state index contributed by atoms with van der Waals surface area (Å²) in [4.78, 5) is 14.3. The Hall–Kier alpha value is -1.39. The normalized spacial score (nSPS) is 21.4. The molecule has 2 aliphatic rings. The minimum atomic E-state index is -0.378. The second kappa shape index (κ2) is 4.94. The van der Waals surface area contributed by atoms with Crippen molar-refractivity contribution in [3.05, 3.63) is 35.4 Å². The van der Waals surface area contributed by atoms with Crippen LogP contribution >= 0.6 is 0 Å². The third kappa shape index (κ3) is 2.15. The van der Waals surface area contributed by atoms with Gasteiger partial charge < -0.3 is 14.4 Å². The first-order valence-electron chi connectivity index (χ1n) is 6.79. The number of carbonyl (C=O) groups excluding carboxylic acids is 1. The number of ether oxygens (including phenoxy) is 2. The molecule has 1 fully saturated rings. The molecule has 0 atom stereocenters. The van der Waals surface area contributed by atoms with Crippen LogP contribution in [0, 0.1) is 0 Å². The van der Waals surface area contributed by atoms with Crippen molar-refractivity contribution in [2.45, 2.75) is 18.4 Å². The van der Waals surface area contributed by atoms with Crippen LogP contribution in [0.3, 0.4) is 0 Å². The summed E-state index contributed by atoms with van der Waals surface area (Å²) in [7, 11) is 1.72. The summed E-state index contributed by atoms with van der Waals surface area (Å²) in [5, 5.41) is 0. The third-order valence-electron chi connectivity index (χ3n) is 4.20. The number of esters is 1. The smallest absolute Gasteiger partial charge is 0.339 e. The molecule has 0 aliphatic carbocycles. The Labute approximate surface area is 113 Å². The van der Waals surface area contributed by atoms with E-state index in [2.05, 4.69) is 4.90 Å². The Kier molecular flexibility index (Phi) is 3.29.